The second-order valence-electron chi connectivity index (χ2n) is 4.79. The van der Waals surface area contributed by atoms with E-state index in [0.29, 0.717) is 17.1 Å². The molecule has 0 aliphatic rings. The summed E-state index contributed by atoms with van der Waals surface area (Å²) in [6, 6.07) is 6.81. The molecule has 0 spiro atoms. The maximum absolute atomic E-state index is 12.2. The van der Waals surface area contributed by atoms with Crippen LogP contribution in [0, 0.1) is 0 Å². The molecule has 0 aliphatic heterocycles. The highest BCUT2D eigenvalue weighted by molar-refractivity contribution is 8.00. The van der Waals surface area contributed by atoms with Crippen molar-refractivity contribution >= 4 is 35.0 Å². The molecule has 2 rings (SSSR count). The number of anilines is 1. The van der Waals surface area contributed by atoms with E-state index in [1.165, 1.54) is 0 Å². The molecule has 0 fully saturated rings. The fraction of sp³-hybridized carbons (Fsp3) is 0.267. The van der Waals surface area contributed by atoms with Crippen LogP contribution in [-0.4, -0.2) is 26.2 Å². The van der Waals surface area contributed by atoms with Crippen LogP contribution in [0.4, 0.5) is 5.69 Å². The third-order valence-electron chi connectivity index (χ3n) is 3.08. The van der Waals surface area contributed by atoms with Crippen molar-refractivity contribution in [2.75, 3.05) is 5.32 Å². The summed E-state index contributed by atoms with van der Waals surface area (Å²) in [5.74, 6) is -0.569. The van der Waals surface area contributed by atoms with Gasteiger partial charge in [-0.2, -0.15) is 4.98 Å². The molecule has 0 saturated heterocycles. The Morgan fingerprint density at radius 3 is 2.87 bits per heavy atom. The lowest BCUT2D eigenvalue weighted by Gasteiger charge is -2.12. The molecule has 0 unspecified atom stereocenters. The summed E-state index contributed by atoms with van der Waals surface area (Å²) >= 11 is 6.92. The number of hydrogen-bond donors (Lipinski definition) is 3. The molecular formula is C15H16ClN3O3S. The fourth-order valence-electron chi connectivity index (χ4n) is 1.87. The van der Waals surface area contributed by atoms with Crippen molar-refractivity contribution in [2.45, 2.75) is 30.7 Å². The second kappa shape index (κ2) is 7.52. The number of rotatable bonds is 5. The van der Waals surface area contributed by atoms with Gasteiger partial charge in [-0.25, -0.2) is 0 Å². The van der Waals surface area contributed by atoms with Gasteiger partial charge in [0.2, 0.25) is 11.8 Å². The molecule has 6 nitrogen and oxygen atoms in total. The minimum absolute atomic E-state index is 0.193. The number of halogens is 1. The number of H-pyrrole nitrogens is 1. The summed E-state index contributed by atoms with van der Waals surface area (Å²) in [5.41, 5.74) is 0.413. The van der Waals surface area contributed by atoms with Gasteiger partial charge in [0.1, 0.15) is 0 Å². The van der Waals surface area contributed by atoms with Crippen LogP contribution in [0.3, 0.4) is 0 Å². The van der Waals surface area contributed by atoms with Crippen LogP contribution in [0.15, 0.2) is 34.2 Å². The van der Waals surface area contributed by atoms with E-state index in [1.807, 2.05) is 0 Å². The molecule has 122 valence electrons. The molecule has 1 heterocycles. The minimum atomic E-state index is -0.524. The Morgan fingerprint density at radius 1 is 1.52 bits per heavy atom. The number of carbonyl (C=O) groups excluding carboxylic acids is 1. The van der Waals surface area contributed by atoms with Gasteiger partial charge in [-0.05, 0) is 31.5 Å². The highest BCUT2D eigenvalue weighted by Gasteiger charge is 2.18. The minimum Gasteiger partial charge on any atom is -0.493 e. The molecule has 1 aromatic heterocycles. The van der Waals surface area contributed by atoms with Crippen molar-refractivity contribution in [3.05, 3.63) is 45.2 Å². The number of amides is 1. The Labute approximate surface area is 142 Å². The summed E-state index contributed by atoms with van der Waals surface area (Å²) in [6.07, 6.45) is 0.379. The summed E-state index contributed by atoms with van der Waals surface area (Å²) in [4.78, 5) is 30.4. The Hall–Kier alpha value is -1.99. The summed E-state index contributed by atoms with van der Waals surface area (Å²) in [5, 5.41) is 12.6. The third kappa shape index (κ3) is 4.49. The molecule has 23 heavy (non-hydrogen) atoms. The van der Waals surface area contributed by atoms with Crippen LogP contribution in [0.25, 0.3) is 0 Å². The predicted molar refractivity (Wildman–Crippen MR) is 91.3 cm³/mol. The quantitative estimate of drug-likeness (QED) is 0.567. The normalized spacial score (nSPS) is 12.0. The molecule has 1 aromatic carbocycles. The Morgan fingerprint density at radius 2 is 2.26 bits per heavy atom. The van der Waals surface area contributed by atoms with Crippen LogP contribution < -0.4 is 10.9 Å². The lowest BCUT2D eigenvalue weighted by Crippen LogP contribution is -2.23. The van der Waals surface area contributed by atoms with E-state index in [0.717, 1.165) is 11.8 Å². The van der Waals surface area contributed by atoms with Crippen LogP contribution in [0.5, 0.6) is 5.88 Å². The van der Waals surface area contributed by atoms with Crippen molar-refractivity contribution in [1.82, 2.24) is 9.97 Å². The average Bonchev–Trinajstić information content (AvgIpc) is 2.46. The van der Waals surface area contributed by atoms with Gasteiger partial charge in [0.05, 0.1) is 10.8 Å². The zero-order valence-electron chi connectivity index (χ0n) is 12.6. The smallest absolute Gasteiger partial charge is 0.258 e. The summed E-state index contributed by atoms with van der Waals surface area (Å²) in [6.45, 7) is 3.43. The van der Waals surface area contributed by atoms with E-state index in [-0.39, 0.29) is 22.5 Å². The summed E-state index contributed by atoms with van der Waals surface area (Å²) in [7, 11) is 0. The molecule has 8 heteroatoms. The average molecular weight is 354 g/mol. The first-order valence-corrected chi connectivity index (χ1v) is 8.21. The first-order chi connectivity index (χ1) is 10.9. The molecule has 0 saturated carbocycles. The molecule has 1 atom stereocenters. The zero-order valence-corrected chi connectivity index (χ0v) is 14.2. The monoisotopic (exact) mass is 353 g/mol. The first kappa shape index (κ1) is 17.4. The van der Waals surface area contributed by atoms with Crippen molar-refractivity contribution in [2.24, 2.45) is 0 Å². The van der Waals surface area contributed by atoms with E-state index in [4.69, 9.17) is 11.6 Å². The highest BCUT2D eigenvalue weighted by Crippen LogP contribution is 2.23. The van der Waals surface area contributed by atoms with Gasteiger partial charge in [-0.3, -0.25) is 9.59 Å². The van der Waals surface area contributed by atoms with E-state index in [1.54, 1.807) is 38.1 Å². The van der Waals surface area contributed by atoms with E-state index in [9.17, 15) is 14.7 Å². The molecule has 0 aliphatic carbocycles. The van der Waals surface area contributed by atoms with Gasteiger partial charge >= 0.3 is 0 Å². The number of hydrogen-bond acceptors (Lipinski definition) is 5. The fourth-order valence-corrected chi connectivity index (χ4v) is 2.85. The first-order valence-electron chi connectivity index (χ1n) is 6.96. The number of thioether (sulfide) groups is 1. The second-order valence-corrected chi connectivity index (χ2v) is 6.55. The largest absolute Gasteiger partial charge is 0.493 e. The zero-order chi connectivity index (χ0) is 17.0. The van der Waals surface area contributed by atoms with Gasteiger partial charge in [-0.15, -0.1) is 0 Å². The van der Waals surface area contributed by atoms with Gasteiger partial charge in [0.25, 0.3) is 5.56 Å². The number of aromatic nitrogens is 2. The topological polar surface area (TPSA) is 95.1 Å². The number of aromatic hydroxyl groups is 1. The van der Waals surface area contributed by atoms with Crippen molar-refractivity contribution in [1.29, 1.82) is 0 Å². The lowest BCUT2D eigenvalue weighted by molar-refractivity contribution is -0.115. The molecule has 0 radical (unpaired) electrons. The molecule has 0 bridgehead atoms. The Kier molecular flexibility index (Phi) is 5.68. The van der Waals surface area contributed by atoms with E-state index < -0.39 is 10.8 Å². The van der Waals surface area contributed by atoms with E-state index >= 15 is 0 Å². The highest BCUT2D eigenvalue weighted by atomic mass is 35.5. The van der Waals surface area contributed by atoms with Gasteiger partial charge in [-0.1, -0.05) is 36.4 Å². The summed E-state index contributed by atoms with van der Waals surface area (Å²) < 4.78 is 0. The standard InChI is InChI=1S/C15H16ClN3O3S/c1-3-11-13(21)18-15(19-14(11)22)23-8(2)12(20)17-10-6-4-5-9(16)7-10/h4-8H,3H2,1-2H3,(H,17,20)(H2,18,19,21,22)/t8-/m1/s1. The van der Waals surface area contributed by atoms with Crippen LogP contribution in [-0.2, 0) is 11.2 Å². The molecule has 2 aromatic rings. The number of carbonyl (C=O) groups is 1. The predicted octanol–water partition coefficient (Wildman–Crippen LogP) is 2.81. The number of aromatic amines is 1. The van der Waals surface area contributed by atoms with Crippen LogP contribution in [0.1, 0.15) is 19.4 Å². The van der Waals surface area contributed by atoms with E-state index in [2.05, 4.69) is 15.3 Å². The van der Waals surface area contributed by atoms with Crippen molar-refractivity contribution < 1.29 is 9.90 Å². The number of nitrogens with one attached hydrogen (secondary N) is 2. The third-order valence-corrected chi connectivity index (χ3v) is 4.29. The molecular weight excluding hydrogens is 338 g/mol. The number of benzene rings is 1. The Bertz CT molecular complexity index is 779. The molecule has 3 N–H and O–H groups in total. The van der Waals surface area contributed by atoms with Crippen LogP contribution >= 0.6 is 23.4 Å². The lowest BCUT2D eigenvalue weighted by atomic mass is 10.2. The van der Waals surface area contributed by atoms with Crippen LogP contribution in [0.2, 0.25) is 5.02 Å². The molecule has 1 amide bonds. The van der Waals surface area contributed by atoms with Gasteiger partial charge < -0.3 is 15.4 Å². The van der Waals surface area contributed by atoms with Crippen molar-refractivity contribution in [3.8, 4) is 5.88 Å². The van der Waals surface area contributed by atoms with Gasteiger partial charge in [0, 0.05) is 10.7 Å². The van der Waals surface area contributed by atoms with Crippen molar-refractivity contribution in [3.63, 3.8) is 0 Å². The Balaban J connectivity index is 2.08. The maximum Gasteiger partial charge on any atom is 0.258 e. The number of nitrogens with zero attached hydrogens (tertiary/aromatic N) is 1. The maximum atomic E-state index is 12.2. The SMILES string of the molecule is CCc1c(O)nc(S[C@H](C)C(=O)Nc2cccc(Cl)c2)[nH]c1=O. The van der Waals surface area contributed by atoms with Gasteiger partial charge in [0.15, 0.2) is 5.16 Å².